The molecule has 0 aliphatic carbocycles. The molecule has 0 radical (unpaired) electrons. The third-order valence-electron chi connectivity index (χ3n) is 3.31. The second-order valence-corrected chi connectivity index (χ2v) is 6.19. The van der Waals surface area contributed by atoms with Gasteiger partial charge in [-0.15, -0.1) is 11.3 Å². The molecule has 0 saturated carbocycles. The lowest BCUT2D eigenvalue weighted by Crippen LogP contribution is -2.27. The van der Waals surface area contributed by atoms with Gasteiger partial charge in [-0.25, -0.2) is 14.8 Å². The van der Waals surface area contributed by atoms with Gasteiger partial charge in [-0.1, -0.05) is 6.07 Å². The van der Waals surface area contributed by atoms with Gasteiger partial charge in [-0.3, -0.25) is 9.20 Å². The van der Waals surface area contributed by atoms with Gasteiger partial charge in [0, 0.05) is 24.0 Å². The first-order valence-corrected chi connectivity index (χ1v) is 7.78. The van der Waals surface area contributed by atoms with Gasteiger partial charge in [-0.05, 0) is 19.1 Å². The van der Waals surface area contributed by atoms with Crippen molar-refractivity contribution in [3.63, 3.8) is 0 Å². The van der Waals surface area contributed by atoms with Crippen molar-refractivity contribution in [2.24, 2.45) is 0 Å². The van der Waals surface area contributed by atoms with E-state index in [1.807, 2.05) is 18.2 Å². The van der Waals surface area contributed by atoms with Crippen LogP contribution in [0.5, 0.6) is 0 Å². The summed E-state index contributed by atoms with van der Waals surface area (Å²) >= 11 is 1.33. The Kier molecular flexibility index (Phi) is 4.07. The van der Waals surface area contributed by atoms with E-state index in [1.54, 1.807) is 23.7 Å². The van der Waals surface area contributed by atoms with Crippen molar-refractivity contribution >= 4 is 28.7 Å². The lowest BCUT2D eigenvalue weighted by molar-refractivity contribution is 0.0690. The number of nitrogens with one attached hydrogen (secondary N) is 1. The SMILES string of the molecule is Cc1sc(CCNC(=O)c2ncc3ccccn23)nc1C(=O)O. The predicted molar refractivity (Wildman–Crippen MR) is 85.0 cm³/mol. The van der Waals surface area contributed by atoms with Crippen molar-refractivity contribution in [3.05, 3.63) is 52.0 Å². The van der Waals surface area contributed by atoms with E-state index in [4.69, 9.17) is 5.11 Å². The first-order valence-electron chi connectivity index (χ1n) is 6.96. The van der Waals surface area contributed by atoms with E-state index in [1.165, 1.54) is 11.3 Å². The fourth-order valence-corrected chi connectivity index (χ4v) is 3.15. The minimum absolute atomic E-state index is 0.0792. The molecule has 118 valence electrons. The molecule has 2 N–H and O–H groups in total. The van der Waals surface area contributed by atoms with E-state index in [9.17, 15) is 9.59 Å². The maximum Gasteiger partial charge on any atom is 0.355 e. The van der Waals surface area contributed by atoms with Crippen LogP contribution in [0.4, 0.5) is 0 Å². The van der Waals surface area contributed by atoms with Crippen molar-refractivity contribution in [2.45, 2.75) is 13.3 Å². The number of rotatable bonds is 5. The number of amides is 1. The van der Waals surface area contributed by atoms with Crippen LogP contribution in [-0.2, 0) is 6.42 Å². The number of nitrogens with zero attached hydrogens (tertiary/aromatic N) is 3. The number of carbonyl (C=O) groups is 2. The lowest BCUT2D eigenvalue weighted by Gasteiger charge is -2.03. The molecule has 0 bridgehead atoms. The van der Waals surface area contributed by atoms with Crippen LogP contribution in [0.15, 0.2) is 30.6 Å². The van der Waals surface area contributed by atoms with Crippen molar-refractivity contribution in [3.8, 4) is 0 Å². The number of hydrogen-bond acceptors (Lipinski definition) is 5. The average molecular weight is 330 g/mol. The number of pyridine rings is 1. The van der Waals surface area contributed by atoms with Crippen LogP contribution in [0.3, 0.4) is 0 Å². The van der Waals surface area contributed by atoms with Gasteiger partial charge in [0.05, 0.1) is 16.7 Å². The highest BCUT2D eigenvalue weighted by atomic mass is 32.1. The van der Waals surface area contributed by atoms with Crippen LogP contribution in [0, 0.1) is 6.92 Å². The Morgan fingerprint density at radius 3 is 2.96 bits per heavy atom. The summed E-state index contributed by atoms with van der Waals surface area (Å²) in [7, 11) is 0. The monoisotopic (exact) mass is 330 g/mol. The van der Waals surface area contributed by atoms with Crippen LogP contribution in [-0.4, -0.2) is 37.9 Å². The Balaban J connectivity index is 1.63. The molecule has 3 heterocycles. The highest BCUT2D eigenvalue weighted by molar-refractivity contribution is 7.11. The quantitative estimate of drug-likeness (QED) is 0.743. The third-order valence-corrected chi connectivity index (χ3v) is 4.34. The Morgan fingerprint density at radius 2 is 2.22 bits per heavy atom. The van der Waals surface area contributed by atoms with E-state index < -0.39 is 5.97 Å². The molecule has 0 saturated heterocycles. The Hall–Kier alpha value is -2.74. The van der Waals surface area contributed by atoms with Gasteiger partial charge in [0.15, 0.2) is 5.69 Å². The molecule has 0 aliphatic rings. The largest absolute Gasteiger partial charge is 0.476 e. The molecule has 0 unspecified atom stereocenters. The molecule has 23 heavy (non-hydrogen) atoms. The number of carboxylic acids is 1. The van der Waals surface area contributed by atoms with Crippen molar-refractivity contribution in [2.75, 3.05) is 6.54 Å². The standard InChI is InChI=1S/C15H14N4O3S/c1-9-12(15(21)22)18-11(23-9)5-6-16-14(20)13-17-8-10-4-2-3-7-19(10)13/h2-4,7-8H,5-6H2,1H3,(H,16,20)(H,21,22). The Bertz CT molecular complexity index is 884. The predicted octanol–water partition coefficient (Wildman–Crippen LogP) is 1.77. The summed E-state index contributed by atoms with van der Waals surface area (Å²) in [5.74, 6) is -0.983. The number of fused-ring (bicyclic) bond motifs is 1. The van der Waals surface area contributed by atoms with Crippen LogP contribution in [0.1, 0.15) is 31.0 Å². The zero-order valence-electron chi connectivity index (χ0n) is 12.3. The van der Waals surface area contributed by atoms with Gasteiger partial charge in [0.2, 0.25) is 5.82 Å². The van der Waals surface area contributed by atoms with Crippen LogP contribution < -0.4 is 5.32 Å². The van der Waals surface area contributed by atoms with Gasteiger partial charge in [0.1, 0.15) is 0 Å². The smallest absolute Gasteiger partial charge is 0.355 e. The molecule has 0 aromatic carbocycles. The number of carbonyl (C=O) groups excluding carboxylic acids is 1. The fourth-order valence-electron chi connectivity index (χ4n) is 2.23. The van der Waals surface area contributed by atoms with Gasteiger partial charge in [0.25, 0.3) is 5.91 Å². The second kappa shape index (κ2) is 6.17. The average Bonchev–Trinajstić information content (AvgIpc) is 3.10. The Labute approximate surface area is 135 Å². The Morgan fingerprint density at radius 1 is 1.39 bits per heavy atom. The summed E-state index contributed by atoms with van der Waals surface area (Å²) in [5.41, 5.74) is 0.926. The lowest BCUT2D eigenvalue weighted by atomic mass is 10.4. The molecule has 0 atom stereocenters. The summed E-state index contributed by atoms with van der Waals surface area (Å²) in [6.45, 7) is 2.09. The normalized spacial score (nSPS) is 10.8. The zero-order valence-corrected chi connectivity index (χ0v) is 13.1. The van der Waals surface area contributed by atoms with Crippen molar-refractivity contribution in [1.29, 1.82) is 0 Å². The number of aromatic carboxylic acids is 1. The molecule has 0 spiro atoms. The molecule has 3 rings (SSSR count). The molecule has 7 nitrogen and oxygen atoms in total. The number of thiazole rings is 1. The molecule has 3 aromatic rings. The summed E-state index contributed by atoms with van der Waals surface area (Å²) < 4.78 is 1.71. The van der Waals surface area contributed by atoms with E-state index in [-0.39, 0.29) is 11.6 Å². The van der Waals surface area contributed by atoms with Crippen molar-refractivity contribution in [1.82, 2.24) is 19.7 Å². The minimum Gasteiger partial charge on any atom is -0.476 e. The van der Waals surface area contributed by atoms with E-state index in [0.717, 1.165) is 5.52 Å². The van der Waals surface area contributed by atoms with E-state index in [2.05, 4.69) is 15.3 Å². The van der Waals surface area contributed by atoms with Crippen LogP contribution in [0.25, 0.3) is 5.52 Å². The molecule has 0 fully saturated rings. The first kappa shape index (κ1) is 15.2. The van der Waals surface area contributed by atoms with Gasteiger partial charge < -0.3 is 10.4 Å². The van der Waals surface area contributed by atoms with Crippen LogP contribution >= 0.6 is 11.3 Å². The summed E-state index contributed by atoms with van der Waals surface area (Å²) in [6.07, 6.45) is 3.90. The number of aromatic nitrogens is 3. The molecular weight excluding hydrogens is 316 g/mol. The molecule has 3 aromatic heterocycles. The maximum absolute atomic E-state index is 12.2. The summed E-state index contributed by atoms with van der Waals surface area (Å²) in [5, 5.41) is 12.5. The highest BCUT2D eigenvalue weighted by Crippen LogP contribution is 2.17. The minimum atomic E-state index is -1.03. The summed E-state index contributed by atoms with van der Waals surface area (Å²) in [4.78, 5) is 32.0. The number of carboxylic acid groups (broad SMARTS) is 1. The van der Waals surface area contributed by atoms with E-state index >= 15 is 0 Å². The van der Waals surface area contributed by atoms with Crippen molar-refractivity contribution < 1.29 is 14.7 Å². The molecule has 0 aliphatic heterocycles. The topological polar surface area (TPSA) is 96.6 Å². The summed E-state index contributed by atoms with van der Waals surface area (Å²) in [6, 6.07) is 5.58. The van der Waals surface area contributed by atoms with E-state index in [0.29, 0.717) is 28.7 Å². The first-order chi connectivity index (χ1) is 11.1. The van der Waals surface area contributed by atoms with Gasteiger partial charge in [-0.2, -0.15) is 0 Å². The van der Waals surface area contributed by atoms with Crippen LogP contribution in [0.2, 0.25) is 0 Å². The molecule has 8 heteroatoms. The molecule has 1 amide bonds. The highest BCUT2D eigenvalue weighted by Gasteiger charge is 2.15. The van der Waals surface area contributed by atoms with Gasteiger partial charge >= 0.3 is 5.97 Å². The third kappa shape index (κ3) is 3.07. The second-order valence-electron chi connectivity index (χ2n) is 4.90. The molecular formula is C15H14N4O3S. The number of aryl methyl sites for hydroxylation is 1. The zero-order chi connectivity index (χ0) is 16.4. The number of hydrogen-bond donors (Lipinski definition) is 2. The number of imidazole rings is 1. The maximum atomic E-state index is 12.2. The fraction of sp³-hybridized carbons (Fsp3) is 0.200.